The molecule has 1 saturated carbocycles. The molecule has 35 heavy (non-hydrogen) atoms. The highest BCUT2D eigenvalue weighted by Crippen LogP contribution is 2.40. The van der Waals surface area contributed by atoms with Crippen LogP contribution in [0.25, 0.3) is 22.0 Å². The van der Waals surface area contributed by atoms with Crippen LogP contribution in [-0.2, 0) is 0 Å². The van der Waals surface area contributed by atoms with Crippen molar-refractivity contribution in [2.75, 3.05) is 18.0 Å². The second-order valence-electron chi connectivity index (χ2n) is 8.89. The maximum atomic E-state index is 14.0. The van der Waals surface area contributed by atoms with E-state index >= 15 is 0 Å². The maximum Gasteiger partial charge on any atom is 0.169 e. The molecule has 2 aliphatic rings. The number of pyridine rings is 1. The van der Waals surface area contributed by atoms with Gasteiger partial charge in [0, 0.05) is 35.6 Å². The summed E-state index contributed by atoms with van der Waals surface area (Å²) in [6.07, 6.45) is 7.17. The van der Waals surface area contributed by atoms with Crippen LogP contribution in [0.5, 0.6) is 0 Å². The van der Waals surface area contributed by atoms with Crippen molar-refractivity contribution in [1.29, 1.82) is 0 Å². The van der Waals surface area contributed by atoms with Gasteiger partial charge in [-0.25, -0.2) is 4.39 Å². The highest BCUT2D eigenvalue weighted by molar-refractivity contribution is 6.30. The Morgan fingerprint density at radius 1 is 1.00 bits per heavy atom. The number of benzene rings is 2. The lowest BCUT2D eigenvalue weighted by Crippen LogP contribution is -2.34. The summed E-state index contributed by atoms with van der Waals surface area (Å²) < 4.78 is 14.0. The van der Waals surface area contributed by atoms with Crippen LogP contribution in [0.2, 0.25) is 5.02 Å². The molecule has 2 aromatic carbocycles. The Kier molecular flexibility index (Phi) is 9.68. The fourth-order valence-corrected chi connectivity index (χ4v) is 4.95. The standard InChI is InChI=1S/C26H26ClFN2O.2C2H6/c1-2-16-7-9-30(10-8-16)25-22-13-18(19-11-20(27)14-21(28)12-19)5-6-24(22)29-15-23(25)26(31)17-3-4-17;2*1-2/h5-6,11-17H,2-4,7-10H2,1H3;2*1-2H3. The predicted octanol–water partition coefficient (Wildman–Crippen LogP) is 8.97. The number of fused-ring (bicyclic) bond motifs is 1. The Morgan fingerprint density at radius 2 is 1.69 bits per heavy atom. The predicted molar refractivity (Wildman–Crippen MR) is 147 cm³/mol. The minimum Gasteiger partial charge on any atom is -0.370 e. The number of carbonyl (C=O) groups is 1. The van der Waals surface area contributed by atoms with Crippen molar-refractivity contribution in [1.82, 2.24) is 4.98 Å². The number of carbonyl (C=O) groups excluding carboxylic acids is 1. The molecule has 1 aliphatic carbocycles. The Bertz CT molecular complexity index is 1130. The largest absolute Gasteiger partial charge is 0.370 e. The number of ketones is 1. The Balaban J connectivity index is 0.000000815. The minimum atomic E-state index is -0.361. The smallest absolute Gasteiger partial charge is 0.169 e. The van der Waals surface area contributed by atoms with Gasteiger partial charge in [0.1, 0.15) is 5.82 Å². The summed E-state index contributed by atoms with van der Waals surface area (Å²) in [7, 11) is 0. The van der Waals surface area contributed by atoms with Gasteiger partial charge in [-0.05, 0) is 73.1 Å². The van der Waals surface area contributed by atoms with Crippen LogP contribution < -0.4 is 4.90 Å². The Morgan fingerprint density at radius 3 is 2.29 bits per heavy atom. The molecule has 2 heterocycles. The molecule has 0 radical (unpaired) electrons. The zero-order valence-electron chi connectivity index (χ0n) is 21.7. The second kappa shape index (κ2) is 12.5. The van der Waals surface area contributed by atoms with Crippen molar-refractivity contribution >= 4 is 34.0 Å². The van der Waals surface area contributed by atoms with Gasteiger partial charge >= 0.3 is 0 Å². The van der Waals surface area contributed by atoms with Crippen LogP contribution in [0.3, 0.4) is 0 Å². The molecule has 0 atom stereocenters. The highest BCUT2D eigenvalue weighted by atomic mass is 35.5. The van der Waals surface area contributed by atoms with E-state index in [2.05, 4.69) is 16.8 Å². The molecule has 0 bridgehead atoms. The van der Waals surface area contributed by atoms with Crippen LogP contribution in [-0.4, -0.2) is 23.9 Å². The Labute approximate surface area is 214 Å². The molecule has 1 aliphatic heterocycles. The van der Waals surface area contributed by atoms with Gasteiger partial charge in [-0.2, -0.15) is 0 Å². The average molecular weight is 497 g/mol. The summed E-state index contributed by atoms with van der Waals surface area (Å²) in [6, 6.07) is 10.5. The topological polar surface area (TPSA) is 33.2 Å². The second-order valence-corrected chi connectivity index (χ2v) is 9.32. The molecule has 5 heteroatoms. The maximum absolute atomic E-state index is 14.0. The summed E-state index contributed by atoms with van der Waals surface area (Å²) in [5.41, 5.74) is 4.18. The van der Waals surface area contributed by atoms with E-state index in [0.717, 1.165) is 78.0 Å². The van der Waals surface area contributed by atoms with Crippen molar-refractivity contribution in [3.8, 4) is 11.1 Å². The third kappa shape index (κ3) is 6.22. The molecule has 5 rings (SSSR count). The van der Waals surface area contributed by atoms with Gasteiger partial charge in [-0.1, -0.05) is 58.7 Å². The molecular formula is C30H38ClFN2O. The number of aromatic nitrogens is 1. The number of piperidine rings is 1. The summed E-state index contributed by atoms with van der Waals surface area (Å²) in [5, 5.41) is 1.33. The number of hydrogen-bond donors (Lipinski definition) is 0. The quantitative estimate of drug-likeness (QED) is 0.330. The van der Waals surface area contributed by atoms with E-state index in [4.69, 9.17) is 11.6 Å². The van der Waals surface area contributed by atoms with E-state index in [1.54, 1.807) is 12.3 Å². The zero-order valence-corrected chi connectivity index (χ0v) is 22.5. The number of rotatable bonds is 5. The summed E-state index contributed by atoms with van der Waals surface area (Å²) in [6.45, 7) is 12.1. The highest BCUT2D eigenvalue weighted by Gasteiger charge is 2.34. The van der Waals surface area contributed by atoms with Gasteiger partial charge in [0.25, 0.3) is 0 Å². The summed E-state index contributed by atoms with van der Waals surface area (Å²) in [5.74, 6) is 0.731. The zero-order chi connectivity index (χ0) is 25.5. The van der Waals surface area contributed by atoms with Crippen molar-refractivity contribution < 1.29 is 9.18 Å². The number of nitrogens with zero attached hydrogens (tertiary/aromatic N) is 2. The SMILES string of the molecule is CC.CC.CCC1CCN(c2c(C(=O)C3CC3)cnc3ccc(-c4cc(F)cc(Cl)c4)cc23)CC1. The molecule has 1 saturated heterocycles. The molecule has 0 spiro atoms. The molecule has 0 unspecified atom stereocenters. The molecule has 3 nitrogen and oxygen atoms in total. The van der Waals surface area contributed by atoms with Gasteiger partial charge in [-0.3, -0.25) is 9.78 Å². The van der Waals surface area contributed by atoms with Crippen molar-refractivity contribution in [2.24, 2.45) is 11.8 Å². The van der Waals surface area contributed by atoms with Gasteiger partial charge in [0.05, 0.1) is 16.8 Å². The van der Waals surface area contributed by atoms with E-state index < -0.39 is 0 Å². The summed E-state index contributed by atoms with van der Waals surface area (Å²) in [4.78, 5) is 20.1. The molecule has 0 amide bonds. The van der Waals surface area contributed by atoms with Crippen LogP contribution in [0.1, 0.15) is 77.1 Å². The first-order chi connectivity index (χ1) is 17.0. The number of hydrogen-bond acceptors (Lipinski definition) is 3. The number of Topliss-reactive ketones (excluding diaryl/α,β-unsaturated/α-hetero) is 1. The lowest BCUT2D eigenvalue weighted by molar-refractivity contribution is 0.0968. The first kappa shape index (κ1) is 27.1. The number of anilines is 1. The van der Waals surface area contributed by atoms with Gasteiger partial charge in [0.2, 0.25) is 0 Å². The third-order valence-electron chi connectivity index (χ3n) is 6.76. The van der Waals surface area contributed by atoms with Crippen molar-refractivity contribution in [3.63, 3.8) is 0 Å². The number of halogens is 2. The molecular weight excluding hydrogens is 459 g/mol. The van der Waals surface area contributed by atoms with E-state index in [0.29, 0.717) is 5.02 Å². The van der Waals surface area contributed by atoms with Gasteiger partial charge in [-0.15, -0.1) is 0 Å². The first-order valence-corrected chi connectivity index (χ1v) is 13.6. The van der Waals surface area contributed by atoms with E-state index in [1.807, 2.05) is 45.9 Å². The fourth-order valence-electron chi connectivity index (χ4n) is 4.73. The average Bonchev–Trinajstić information content (AvgIpc) is 3.75. The summed E-state index contributed by atoms with van der Waals surface area (Å²) >= 11 is 6.10. The lowest BCUT2D eigenvalue weighted by atomic mass is 9.92. The van der Waals surface area contributed by atoms with Crippen LogP contribution in [0.15, 0.2) is 42.6 Å². The van der Waals surface area contributed by atoms with Crippen molar-refractivity contribution in [2.45, 2.75) is 66.7 Å². The minimum absolute atomic E-state index is 0.136. The fraction of sp³-hybridized carbons (Fsp3) is 0.467. The van der Waals surface area contributed by atoms with E-state index in [1.165, 1.54) is 18.6 Å². The molecule has 1 aromatic heterocycles. The molecule has 0 N–H and O–H groups in total. The Hall–Kier alpha value is -2.46. The molecule has 2 fully saturated rings. The van der Waals surface area contributed by atoms with Crippen LogP contribution in [0.4, 0.5) is 10.1 Å². The van der Waals surface area contributed by atoms with E-state index in [-0.39, 0.29) is 17.5 Å². The van der Waals surface area contributed by atoms with Gasteiger partial charge < -0.3 is 4.90 Å². The lowest BCUT2D eigenvalue weighted by Gasteiger charge is -2.35. The first-order valence-electron chi connectivity index (χ1n) is 13.2. The van der Waals surface area contributed by atoms with Crippen LogP contribution >= 0.6 is 11.6 Å². The van der Waals surface area contributed by atoms with Crippen LogP contribution in [0, 0.1) is 17.7 Å². The monoisotopic (exact) mass is 496 g/mol. The third-order valence-corrected chi connectivity index (χ3v) is 6.98. The normalized spacial score (nSPS) is 15.7. The molecule has 3 aromatic rings. The van der Waals surface area contributed by atoms with Crippen molar-refractivity contribution in [3.05, 3.63) is 59.0 Å². The van der Waals surface area contributed by atoms with E-state index in [9.17, 15) is 9.18 Å². The molecule has 188 valence electrons. The van der Waals surface area contributed by atoms with Gasteiger partial charge in [0.15, 0.2) is 5.78 Å².